The number of aryl methyl sites for hydroxylation is 1. The molecule has 0 aliphatic rings. The fourth-order valence-corrected chi connectivity index (χ4v) is 3.18. The summed E-state index contributed by atoms with van der Waals surface area (Å²) in [6, 6.07) is 10.6. The van der Waals surface area contributed by atoms with Gasteiger partial charge < -0.3 is 9.88 Å². The van der Waals surface area contributed by atoms with Gasteiger partial charge in [0.25, 0.3) is 0 Å². The molecular weight excluding hydrogens is 391 g/mol. The Labute approximate surface area is 124 Å². The average molecular weight is 405 g/mol. The van der Waals surface area contributed by atoms with E-state index in [1.54, 1.807) is 0 Å². The van der Waals surface area contributed by atoms with Gasteiger partial charge in [0, 0.05) is 32.2 Å². The number of benzene rings is 1. The summed E-state index contributed by atoms with van der Waals surface area (Å²) in [4.78, 5) is 0. The van der Waals surface area contributed by atoms with Crippen LogP contribution < -0.4 is 5.32 Å². The zero-order chi connectivity index (χ0) is 12.3. The molecule has 1 aromatic carbocycles. The van der Waals surface area contributed by atoms with Gasteiger partial charge >= 0.3 is 0 Å². The zero-order valence-electron chi connectivity index (χ0n) is 9.58. The predicted octanol–water partition coefficient (Wildman–Crippen LogP) is 4.49. The van der Waals surface area contributed by atoms with E-state index in [1.165, 1.54) is 9.26 Å². The fourth-order valence-electron chi connectivity index (χ4n) is 1.74. The fraction of sp³-hybridized carbons (Fsp3) is 0.231. The molecule has 2 nitrogen and oxygen atoms in total. The Bertz CT molecular complexity index is 508. The minimum Gasteiger partial charge on any atom is -0.379 e. The third-order valence-electron chi connectivity index (χ3n) is 2.66. The molecule has 4 heteroatoms. The van der Waals surface area contributed by atoms with Crippen molar-refractivity contribution in [2.45, 2.75) is 20.0 Å². The second-order valence-corrected chi connectivity index (χ2v) is 5.86. The number of nitrogens with zero attached hydrogens (tertiary/aromatic N) is 1. The van der Waals surface area contributed by atoms with Gasteiger partial charge in [-0.15, -0.1) is 0 Å². The molecule has 2 aromatic rings. The Morgan fingerprint density at radius 2 is 2.18 bits per heavy atom. The first-order chi connectivity index (χ1) is 8.20. The van der Waals surface area contributed by atoms with Crippen LogP contribution in [0.4, 0.5) is 5.69 Å². The Kier molecular flexibility index (Phi) is 4.50. The van der Waals surface area contributed by atoms with E-state index < -0.39 is 0 Å². The number of hydrogen-bond acceptors (Lipinski definition) is 1. The van der Waals surface area contributed by atoms with Crippen LogP contribution in [0.3, 0.4) is 0 Å². The van der Waals surface area contributed by atoms with Gasteiger partial charge in [-0.3, -0.25) is 0 Å². The van der Waals surface area contributed by atoms with Crippen LogP contribution in [0.2, 0.25) is 0 Å². The molecule has 0 radical (unpaired) electrons. The zero-order valence-corrected chi connectivity index (χ0v) is 13.3. The molecule has 1 heterocycles. The number of nitrogens with one attached hydrogen (secondary N) is 1. The van der Waals surface area contributed by atoms with Crippen molar-refractivity contribution in [3.8, 4) is 0 Å². The summed E-state index contributed by atoms with van der Waals surface area (Å²) in [5.74, 6) is 0. The maximum absolute atomic E-state index is 3.57. The largest absolute Gasteiger partial charge is 0.379 e. The van der Waals surface area contributed by atoms with Gasteiger partial charge in [0.2, 0.25) is 0 Å². The molecule has 0 saturated carbocycles. The van der Waals surface area contributed by atoms with Crippen LogP contribution in [-0.2, 0) is 13.1 Å². The number of aromatic nitrogens is 1. The van der Waals surface area contributed by atoms with Gasteiger partial charge in [0.15, 0.2) is 0 Å². The molecule has 1 N–H and O–H groups in total. The lowest BCUT2D eigenvalue weighted by Gasteiger charge is -2.11. The molecule has 0 unspecified atom stereocenters. The highest BCUT2D eigenvalue weighted by Crippen LogP contribution is 2.24. The molecule has 0 aliphatic heterocycles. The first-order valence-corrected chi connectivity index (χ1v) is 7.41. The molecular formula is C13H14BrIN2. The average Bonchev–Trinajstić information content (AvgIpc) is 2.75. The smallest absolute Gasteiger partial charge is 0.0553 e. The Morgan fingerprint density at radius 1 is 1.35 bits per heavy atom. The molecule has 0 bridgehead atoms. The van der Waals surface area contributed by atoms with E-state index in [1.807, 2.05) is 0 Å². The Balaban J connectivity index is 2.07. The van der Waals surface area contributed by atoms with Gasteiger partial charge in [0.1, 0.15) is 0 Å². The summed E-state index contributed by atoms with van der Waals surface area (Å²) in [6.45, 7) is 4.02. The van der Waals surface area contributed by atoms with Crippen molar-refractivity contribution in [2.75, 3.05) is 5.32 Å². The molecule has 2 rings (SSSR count). The molecule has 0 spiro atoms. The van der Waals surface area contributed by atoms with Crippen molar-refractivity contribution in [1.82, 2.24) is 4.57 Å². The first kappa shape index (κ1) is 13.0. The maximum Gasteiger partial charge on any atom is 0.0553 e. The molecule has 17 heavy (non-hydrogen) atoms. The van der Waals surface area contributed by atoms with E-state index in [0.29, 0.717) is 0 Å². The minimum atomic E-state index is 0.847. The van der Waals surface area contributed by atoms with Crippen LogP contribution in [0.25, 0.3) is 0 Å². The third-order valence-corrected chi connectivity index (χ3v) is 3.98. The van der Waals surface area contributed by atoms with E-state index in [4.69, 9.17) is 0 Å². The minimum absolute atomic E-state index is 0.847. The molecule has 1 aromatic heterocycles. The van der Waals surface area contributed by atoms with Gasteiger partial charge in [-0.2, -0.15) is 0 Å². The second-order valence-electron chi connectivity index (χ2n) is 3.76. The SMILES string of the molecule is CCn1cccc1CNc1ccc(I)cc1Br. The highest BCUT2D eigenvalue weighted by Gasteiger charge is 2.02. The van der Waals surface area contributed by atoms with Gasteiger partial charge in [-0.25, -0.2) is 0 Å². The van der Waals surface area contributed by atoms with Crippen LogP contribution in [-0.4, -0.2) is 4.57 Å². The number of hydrogen-bond donors (Lipinski definition) is 1. The molecule has 90 valence electrons. The van der Waals surface area contributed by atoms with Crippen molar-refractivity contribution in [2.24, 2.45) is 0 Å². The lowest BCUT2D eigenvalue weighted by atomic mass is 10.3. The number of rotatable bonds is 4. The summed E-state index contributed by atoms with van der Waals surface area (Å²) < 4.78 is 4.59. The van der Waals surface area contributed by atoms with Gasteiger partial charge in [0.05, 0.1) is 6.54 Å². The van der Waals surface area contributed by atoms with E-state index >= 15 is 0 Å². The third kappa shape index (κ3) is 3.25. The lowest BCUT2D eigenvalue weighted by Crippen LogP contribution is -2.06. The van der Waals surface area contributed by atoms with Crippen molar-refractivity contribution in [3.05, 3.63) is 50.3 Å². The van der Waals surface area contributed by atoms with E-state index in [9.17, 15) is 0 Å². The number of anilines is 1. The van der Waals surface area contributed by atoms with Crippen LogP contribution in [0, 0.1) is 3.57 Å². The highest BCUT2D eigenvalue weighted by molar-refractivity contribution is 14.1. The predicted molar refractivity (Wildman–Crippen MR) is 84.3 cm³/mol. The van der Waals surface area contributed by atoms with Crippen LogP contribution in [0.5, 0.6) is 0 Å². The molecule has 0 aliphatic carbocycles. The monoisotopic (exact) mass is 404 g/mol. The number of halogens is 2. The summed E-state index contributed by atoms with van der Waals surface area (Å²) in [6.07, 6.45) is 2.11. The summed E-state index contributed by atoms with van der Waals surface area (Å²) in [5.41, 5.74) is 2.44. The van der Waals surface area contributed by atoms with Crippen molar-refractivity contribution < 1.29 is 0 Å². The molecule has 0 fully saturated rings. The van der Waals surface area contributed by atoms with Crippen LogP contribution in [0.1, 0.15) is 12.6 Å². The summed E-state index contributed by atoms with van der Waals surface area (Å²) in [5, 5.41) is 3.45. The van der Waals surface area contributed by atoms with Crippen LogP contribution in [0.15, 0.2) is 41.0 Å². The first-order valence-electron chi connectivity index (χ1n) is 5.53. The van der Waals surface area contributed by atoms with Gasteiger partial charge in [-0.05, 0) is 75.8 Å². The van der Waals surface area contributed by atoms with E-state index in [0.717, 1.165) is 23.2 Å². The summed E-state index contributed by atoms with van der Waals surface area (Å²) >= 11 is 5.88. The van der Waals surface area contributed by atoms with Crippen molar-refractivity contribution in [1.29, 1.82) is 0 Å². The molecule has 0 atom stereocenters. The quantitative estimate of drug-likeness (QED) is 0.743. The second kappa shape index (κ2) is 5.91. The highest BCUT2D eigenvalue weighted by atomic mass is 127. The van der Waals surface area contributed by atoms with E-state index in [-0.39, 0.29) is 0 Å². The topological polar surface area (TPSA) is 17.0 Å². The van der Waals surface area contributed by atoms with Crippen LogP contribution >= 0.6 is 38.5 Å². The lowest BCUT2D eigenvalue weighted by molar-refractivity contribution is 0.724. The Hall–Kier alpha value is -0.490. The Morgan fingerprint density at radius 3 is 2.88 bits per heavy atom. The van der Waals surface area contributed by atoms with Gasteiger partial charge in [-0.1, -0.05) is 0 Å². The van der Waals surface area contributed by atoms with Crippen molar-refractivity contribution in [3.63, 3.8) is 0 Å². The van der Waals surface area contributed by atoms with Crippen molar-refractivity contribution >= 4 is 44.2 Å². The maximum atomic E-state index is 3.57. The standard InChI is InChI=1S/C13H14BrIN2/c1-2-17-7-3-4-11(17)9-16-13-6-5-10(15)8-12(13)14/h3-8,16H,2,9H2,1H3. The molecule has 0 amide bonds. The summed E-state index contributed by atoms with van der Waals surface area (Å²) in [7, 11) is 0. The van der Waals surface area contributed by atoms with E-state index in [2.05, 4.69) is 91.9 Å². The normalized spacial score (nSPS) is 10.5. The molecule has 0 saturated heterocycles.